The van der Waals surface area contributed by atoms with Crippen LogP contribution in [0, 0.1) is 0 Å². The first-order valence-electron chi connectivity index (χ1n) is 5.14. The number of rotatable bonds is 4. The lowest BCUT2D eigenvalue weighted by Crippen LogP contribution is -2.30. The van der Waals surface area contributed by atoms with E-state index in [0.717, 1.165) is 0 Å². The van der Waals surface area contributed by atoms with Gasteiger partial charge in [0.05, 0.1) is 11.8 Å². The van der Waals surface area contributed by atoms with Crippen LogP contribution in [-0.2, 0) is 7.05 Å². The van der Waals surface area contributed by atoms with Crippen molar-refractivity contribution in [3.63, 3.8) is 0 Å². The Morgan fingerprint density at radius 3 is 2.81 bits per heavy atom. The number of nitrogen functional groups attached to an aromatic ring is 1. The molecule has 1 aromatic heterocycles. The molecule has 1 amide bonds. The van der Waals surface area contributed by atoms with E-state index in [1.54, 1.807) is 27.2 Å². The van der Waals surface area contributed by atoms with Crippen LogP contribution in [0.1, 0.15) is 23.8 Å². The minimum absolute atomic E-state index is 0.223. The van der Waals surface area contributed by atoms with Gasteiger partial charge in [-0.05, 0) is 13.3 Å². The first kappa shape index (κ1) is 12.5. The molecule has 16 heavy (non-hydrogen) atoms. The molecule has 0 saturated heterocycles. The van der Waals surface area contributed by atoms with Crippen LogP contribution in [0.15, 0.2) is 6.20 Å². The number of anilines is 1. The predicted octanol–water partition coefficient (Wildman–Crippen LogP) is -0.155. The van der Waals surface area contributed by atoms with Gasteiger partial charge in [-0.25, -0.2) is 0 Å². The van der Waals surface area contributed by atoms with Gasteiger partial charge in [-0.15, -0.1) is 0 Å². The number of aliphatic hydroxyl groups is 1. The van der Waals surface area contributed by atoms with Crippen molar-refractivity contribution in [3.8, 4) is 0 Å². The van der Waals surface area contributed by atoms with Crippen molar-refractivity contribution in [1.29, 1.82) is 0 Å². The number of aliphatic hydroxyl groups excluding tert-OH is 1. The summed E-state index contributed by atoms with van der Waals surface area (Å²) in [6.07, 6.45) is 1.71. The number of nitrogens with two attached hydrogens (primary N) is 1. The molecular weight excluding hydrogens is 208 g/mol. The zero-order valence-corrected chi connectivity index (χ0v) is 9.84. The maximum Gasteiger partial charge on any atom is 0.276 e. The first-order valence-corrected chi connectivity index (χ1v) is 5.14. The Morgan fingerprint density at radius 1 is 1.75 bits per heavy atom. The van der Waals surface area contributed by atoms with E-state index in [9.17, 15) is 4.79 Å². The Morgan fingerprint density at radius 2 is 2.38 bits per heavy atom. The molecule has 6 nitrogen and oxygen atoms in total. The molecule has 1 atom stereocenters. The summed E-state index contributed by atoms with van der Waals surface area (Å²) in [7, 11) is 3.38. The molecule has 0 bridgehead atoms. The van der Waals surface area contributed by atoms with Crippen LogP contribution in [0.4, 0.5) is 5.69 Å². The molecule has 0 aliphatic carbocycles. The second kappa shape index (κ2) is 4.98. The van der Waals surface area contributed by atoms with E-state index in [1.165, 1.54) is 9.58 Å². The van der Waals surface area contributed by atoms with E-state index in [-0.39, 0.29) is 11.6 Å². The van der Waals surface area contributed by atoms with Gasteiger partial charge in [0.2, 0.25) is 0 Å². The number of hydrogen-bond acceptors (Lipinski definition) is 4. The maximum absolute atomic E-state index is 11.9. The maximum atomic E-state index is 11.9. The van der Waals surface area contributed by atoms with Crippen molar-refractivity contribution in [3.05, 3.63) is 11.9 Å². The Hall–Kier alpha value is -1.56. The third-order valence-electron chi connectivity index (χ3n) is 2.29. The van der Waals surface area contributed by atoms with Crippen molar-refractivity contribution in [2.45, 2.75) is 19.4 Å². The summed E-state index contributed by atoms with van der Waals surface area (Å²) in [4.78, 5) is 13.4. The lowest BCUT2D eigenvalue weighted by molar-refractivity contribution is 0.0763. The highest BCUT2D eigenvalue weighted by atomic mass is 16.3. The monoisotopic (exact) mass is 226 g/mol. The molecule has 1 unspecified atom stereocenters. The molecule has 0 aromatic carbocycles. The largest absolute Gasteiger partial charge is 0.396 e. The summed E-state index contributed by atoms with van der Waals surface area (Å²) in [6, 6.07) is 0. The van der Waals surface area contributed by atoms with Gasteiger partial charge in [-0.3, -0.25) is 9.48 Å². The SMILES string of the molecule is CC(O)CCN(C)C(=O)c1nn(C)cc1N. The van der Waals surface area contributed by atoms with E-state index in [2.05, 4.69) is 5.10 Å². The van der Waals surface area contributed by atoms with Crippen LogP contribution < -0.4 is 5.73 Å². The van der Waals surface area contributed by atoms with Crippen LogP contribution in [0.2, 0.25) is 0 Å². The minimum Gasteiger partial charge on any atom is -0.396 e. The molecular formula is C10H18N4O2. The summed E-state index contributed by atoms with van der Waals surface area (Å²) >= 11 is 0. The highest BCUT2D eigenvalue weighted by Gasteiger charge is 2.18. The highest BCUT2D eigenvalue weighted by molar-refractivity contribution is 5.96. The number of amides is 1. The Labute approximate surface area is 94.6 Å². The van der Waals surface area contributed by atoms with Crippen LogP contribution in [0.5, 0.6) is 0 Å². The van der Waals surface area contributed by atoms with Gasteiger partial charge in [0, 0.05) is 26.8 Å². The predicted molar refractivity (Wildman–Crippen MR) is 60.9 cm³/mol. The fraction of sp³-hybridized carbons (Fsp3) is 0.600. The average Bonchev–Trinajstić information content (AvgIpc) is 2.53. The number of carbonyl (C=O) groups is 1. The quantitative estimate of drug-likeness (QED) is 0.747. The smallest absolute Gasteiger partial charge is 0.276 e. The van der Waals surface area contributed by atoms with E-state index in [0.29, 0.717) is 18.7 Å². The molecule has 6 heteroatoms. The van der Waals surface area contributed by atoms with E-state index < -0.39 is 6.10 Å². The molecule has 3 N–H and O–H groups in total. The molecule has 1 rings (SSSR count). The third kappa shape index (κ3) is 2.96. The summed E-state index contributed by atoms with van der Waals surface area (Å²) in [5.74, 6) is -0.223. The van der Waals surface area contributed by atoms with Crippen LogP contribution in [0.3, 0.4) is 0 Å². The zero-order valence-electron chi connectivity index (χ0n) is 9.84. The van der Waals surface area contributed by atoms with Gasteiger partial charge >= 0.3 is 0 Å². The van der Waals surface area contributed by atoms with Crippen LogP contribution >= 0.6 is 0 Å². The number of carbonyl (C=O) groups excluding carboxylic acids is 1. The second-order valence-corrected chi connectivity index (χ2v) is 3.97. The normalized spacial score (nSPS) is 12.5. The first-order chi connectivity index (χ1) is 7.41. The molecule has 0 aliphatic rings. The Bertz CT molecular complexity index is 373. The van der Waals surface area contributed by atoms with E-state index in [4.69, 9.17) is 10.8 Å². The average molecular weight is 226 g/mol. The van der Waals surface area contributed by atoms with E-state index >= 15 is 0 Å². The summed E-state index contributed by atoms with van der Waals surface area (Å²) < 4.78 is 1.51. The number of nitrogens with zero attached hydrogens (tertiary/aromatic N) is 3. The molecule has 0 fully saturated rings. The van der Waals surface area contributed by atoms with Gasteiger partial charge in [0.25, 0.3) is 5.91 Å². The van der Waals surface area contributed by atoms with Gasteiger partial charge in [0.1, 0.15) is 0 Å². The molecule has 0 spiro atoms. The van der Waals surface area contributed by atoms with Gasteiger partial charge < -0.3 is 15.7 Å². The second-order valence-electron chi connectivity index (χ2n) is 3.97. The number of hydrogen-bond donors (Lipinski definition) is 2. The van der Waals surface area contributed by atoms with Gasteiger partial charge in [0.15, 0.2) is 5.69 Å². The standard InChI is InChI=1S/C10H18N4O2/c1-7(15)4-5-13(2)10(16)9-8(11)6-14(3)12-9/h6-7,15H,4-5,11H2,1-3H3. The fourth-order valence-corrected chi connectivity index (χ4v) is 1.34. The van der Waals surface area contributed by atoms with Crippen LogP contribution in [0.25, 0.3) is 0 Å². The highest BCUT2D eigenvalue weighted by Crippen LogP contribution is 2.10. The Kier molecular flexibility index (Phi) is 3.89. The Balaban J connectivity index is 2.67. The molecule has 1 heterocycles. The fourth-order valence-electron chi connectivity index (χ4n) is 1.34. The van der Waals surface area contributed by atoms with Crippen molar-refractivity contribution in [1.82, 2.24) is 14.7 Å². The lowest BCUT2D eigenvalue weighted by Gasteiger charge is -2.16. The lowest BCUT2D eigenvalue weighted by atomic mass is 10.2. The molecule has 90 valence electrons. The summed E-state index contributed by atoms with van der Waals surface area (Å²) in [6.45, 7) is 2.17. The van der Waals surface area contributed by atoms with Gasteiger partial charge in [-0.1, -0.05) is 0 Å². The summed E-state index contributed by atoms with van der Waals surface area (Å²) in [5, 5.41) is 13.1. The third-order valence-corrected chi connectivity index (χ3v) is 2.29. The molecule has 0 saturated carbocycles. The topological polar surface area (TPSA) is 84.4 Å². The van der Waals surface area contributed by atoms with Crippen LogP contribution in [-0.4, -0.2) is 45.4 Å². The number of aromatic nitrogens is 2. The zero-order chi connectivity index (χ0) is 12.3. The molecule has 0 aliphatic heterocycles. The molecule has 0 radical (unpaired) electrons. The van der Waals surface area contributed by atoms with Crippen molar-refractivity contribution < 1.29 is 9.90 Å². The van der Waals surface area contributed by atoms with Crippen molar-refractivity contribution in [2.75, 3.05) is 19.3 Å². The van der Waals surface area contributed by atoms with E-state index in [1.807, 2.05) is 0 Å². The number of aryl methyl sites for hydroxylation is 1. The van der Waals surface area contributed by atoms with Crippen molar-refractivity contribution in [2.24, 2.45) is 7.05 Å². The molecule has 1 aromatic rings. The summed E-state index contributed by atoms with van der Waals surface area (Å²) in [5.41, 5.74) is 6.29. The van der Waals surface area contributed by atoms with Gasteiger partial charge in [-0.2, -0.15) is 5.10 Å². The van der Waals surface area contributed by atoms with Crippen molar-refractivity contribution >= 4 is 11.6 Å². The minimum atomic E-state index is -0.420.